The topological polar surface area (TPSA) is 76.3 Å². The van der Waals surface area contributed by atoms with E-state index in [2.05, 4.69) is 10.1 Å². The summed E-state index contributed by atoms with van der Waals surface area (Å²) < 4.78 is 45.9. The van der Waals surface area contributed by atoms with E-state index in [9.17, 15) is 12.8 Å². The highest BCUT2D eigenvalue weighted by atomic mass is 35.5. The third kappa shape index (κ3) is 4.30. The van der Waals surface area contributed by atoms with Crippen molar-refractivity contribution in [2.75, 3.05) is 13.1 Å². The number of aromatic nitrogens is 2. The molecule has 1 atom stereocenters. The van der Waals surface area contributed by atoms with Crippen LogP contribution < -0.4 is 0 Å². The zero-order valence-electron chi connectivity index (χ0n) is 15.1. The standard InChI is InChI=1S/C19H16Cl2FN3O3S/c20-14-8-15(21)10-17(9-14)29(26,27)25-7-1-2-13(11-25)19-23-18(24-28-19)12-3-5-16(22)6-4-12/h3-6,8-10,13H,1-2,7,11H2. The van der Waals surface area contributed by atoms with Crippen LogP contribution in [0.25, 0.3) is 11.4 Å². The molecule has 0 spiro atoms. The van der Waals surface area contributed by atoms with Crippen molar-refractivity contribution in [3.8, 4) is 11.4 Å². The Morgan fingerprint density at radius 1 is 1.10 bits per heavy atom. The third-order valence-electron chi connectivity index (χ3n) is 4.75. The normalized spacial score (nSPS) is 18.1. The number of rotatable bonds is 4. The molecule has 1 saturated heterocycles. The molecule has 1 fully saturated rings. The van der Waals surface area contributed by atoms with Crippen molar-refractivity contribution in [3.05, 3.63) is 64.2 Å². The van der Waals surface area contributed by atoms with Crippen LogP contribution in [-0.4, -0.2) is 36.0 Å². The Labute approximate surface area is 177 Å². The average Bonchev–Trinajstić information content (AvgIpc) is 3.18. The molecule has 2 aromatic carbocycles. The smallest absolute Gasteiger partial charge is 0.243 e. The van der Waals surface area contributed by atoms with Crippen molar-refractivity contribution in [2.45, 2.75) is 23.7 Å². The summed E-state index contributed by atoms with van der Waals surface area (Å²) in [6.45, 7) is 0.583. The highest BCUT2D eigenvalue weighted by Gasteiger charge is 2.33. The maximum absolute atomic E-state index is 13.1. The molecule has 152 valence electrons. The number of halogens is 3. The molecule has 6 nitrogen and oxygen atoms in total. The fourth-order valence-corrected chi connectivity index (χ4v) is 5.56. The Morgan fingerprint density at radius 2 is 1.79 bits per heavy atom. The summed E-state index contributed by atoms with van der Waals surface area (Å²) in [5.41, 5.74) is 0.621. The van der Waals surface area contributed by atoms with Gasteiger partial charge in [0.25, 0.3) is 0 Å². The predicted octanol–water partition coefficient (Wildman–Crippen LogP) is 4.75. The molecule has 3 aromatic rings. The van der Waals surface area contributed by atoms with E-state index >= 15 is 0 Å². The molecule has 0 bridgehead atoms. The van der Waals surface area contributed by atoms with Gasteiger partial charge in [-0.1, -0.05) is 28.4 Å². The monoisotopic (exact) mass is 455 g/mol. The fraction of sp³-hybridized carbons (Fsp3) is 0.263. The lowest BCUT2D eigenvalue weighted by Crippen LogP contribution is -2.39. The van der Waals surface area contributed by atoms with Gasteiger partial charge in [-0.05, 0) is 55.3 Å². The lowest BCUT2D eigenvalue weighted by atomic mass is 10.00. The van der Waals surface area contributed by atoms with Gasteiger partial charge in [0.2, 0.25) is 21.7 Å². The van der Waals surface area contributed by atoms with E-state index in [0.717, 1.165) is 0 Å². The first-order valence-electron chi connectivity index (χ1n) is 8.89. The van der Waals surface area contributed by atoms with E-state index in [0.29, 0.717) is 36.7 Å². The minimum absolute atomic E-state index is 0.0492. The highest BCUT2D eigenvalue weighted by Crippen LogP contribution is 2.32. The van der Waals surface area contributed by atoms with Crippen LogP contribution in [0.15, 0.2) is 51.9 Å². The van der Waals surface area contributed by atoms with Crippen LogP contribution in [0, 0.1) is 5.82 Å². The number of sulfonamides is 1. The summed E-state index contributed by atoms with van der Waals surface area (Å²) in [7, 11) is -3.77. The molecule has 1 aliphatic heterocycles. The molecule has 0 saturated carbocycles. The van der Waals surface area contributed by atoms with Gasteiger partial charge >= 0.3 is 0 Å². The second-order valence-electron chi connectivity index (χ2n) is 6.77. The summed E-state index contributed by atoms with van der Waals surface area (Å²) >= 11 is 11.9. The van der Waals surface area contributed by atoms with Gasteiger partial charge in [0.1, 0.15) is 5.82 Å². The molecular formula is C19H16Cl2FN3O3S. The van der Waals surface area contributed by atoms with Crippen molar-refractivity contribution < 1.29 is 17.3 Å². The SMILES string of the molecule is O=S(=O)(c1cc(Cl)cc(Cl)c1)N1CCCC(c2nc(-c3ccc(F)cc3)no2)C1. The van der Waals surface area contributed by atoms with Crippen LogP contribution in [0.4, 0.5) is 4.39 Å². The van der Waals surface area contributed by atoms with Crippen LogP contribution in [0.2, 0.25) is 10.0 Å². The molecule has 2 heterocycles. The van der Waals surface area contributed by atoms with Gasteiger partial charge in [0.05, 0.1) is 10.8 Å². The summed E-state index contributed by atoms with van der Waals surface area (Å²) in [5, 5.41) is 4.46. The van der Waals surface area contributed by atoms with Crippen molar-refractivity contribution in [3.63, 3.8) is 0 Å². The van der Waals surface area contributed by atoms with E-state index < -0.39 is 10.0 Å². The van der Waals surface area contributed by atoms with E-state index in [1.165, 1.54) is 34.6 Å². The lowest BCUT2D eigenvalue weighted by Gasteiger charge is -2.30. The quantitative estimate of drug-likeness (QED) is 0.567. The van der Waals surface area contributed by atoms with Crippen molar-refractivity contribution in [1.29, 1.82) is 0 Å². The average molecular weight is 456 g/mol. The summed E-state index contributed by atoms with van der Waals surface area (Å²) in [4.78, 5) is 4.44. The second-order valence-corrected chi connectivity index (χ2v) is 9.58. The summed E-state index contributed by atoms with van der Waals surface area (Å²) in [6, 6.07) is 10.00. The Kier molecular flexibility index (Phi) is 5.61. The Hall–Kier alpha value is -2.00. The maximum atomic E-state index is 13.1. The second kappa shape index (κ2) is 8.02. The predicted molar refractivity (Wildman–Crippen MR) is 107 cm³/mol. The van der Waals surface area contributed by atoms with Gasteiger partial charge in [-0.2, -0.15) is 9.29 Å². The number of nitrogens with zero attached hydrogens (tertiary/aromatic N) is 3. The van der Waals surface area contributed by atoms with Gasteiger partial charge < -0.3 is 4.52 Å². The lowest BCUT2D eigenvalue weighted by molar-refractivity contribution is 0.265. The fourth-order valence-electron chi connectivity index (χ4n) is 3.31. The molecule has 1 aliphatic rings. The van der Waals surface area contributed by atoms with Crippen molar-refractivity contribution in [1.82, 2.24) is 14.4 Å². The van der Waals surface area contributed by atoms with Gasteiger partial charge in [-0.15, -0.1) is 0 Å². The van der Waals surface area contributed by atoms with E-state index in [1.807, 2.05) is 0 Å². The first kappa shape index (κ1) is 20.3. The van der Waals surface area contributed by atoms with E-state index in [1.54, 1.807) is 12.1 Å². The van der Waals surface area contributed by atoms with Crippen LogP contribution in [0.5, 0.6) is 0 Å². The molecule has 0 amide bonds. The molecule has 29 heavy (non-hydrogen) atoms. The van der Waals surface area contributed by atoms with Crippen LogP contribution in [-0.2, 0) is 10.0 Å². The Morgan fingerprint density at radius 3 is 2.48 bits per heavy atom. The molecule has 1 aromatic heterocycles. The summed E-state index contributed by atoms with van der Waals surface area (Å²) in [5.74, 6) is 0.0940. The Balaban J connectivity index is 1.56. The maximum Gasteiger partial charge on any atom is 0.243 e. The van der Waals surface area contributed by atoms with Crippen LogP contribution >= 0.6 is 23.2 Å². The zero-order chi connectivity index (χ0) is 20.6. The molecule has 1 unspecified atom stereocenters. The van der Waals surface area contributed by atoms with Crippen molar-refractivity contribution >= 4 is 33.2 Å². The molecule has 4 rings (SSSR count). The minimum atomic E-state index is -3.77. The number of benzene rings is 2. The van der Waals surface area contributed by atoms with Crippen molar-refractivity contribution in [2.24, 2.45) is 0 Å². The van der Waals surface area contributed by atoms with E-state index in [-0.39, 0.29) is 33.2 Å². The first-order valence-corrected chi connectivity index (χ1v) is 11.1. The molecule has 0 radical (unpaired) electrons. The zero-order valence-corrected chi connectivity index (χ0v) is 17.4. The van der Waals surface area contributed by atoms with E-state index in [4.69, 9.17) is 27.7 Å². The number of hydrogen-bond donors (Lipinski definition) is 0. The summed E-state index contributed by atoms with van der Waals surface area (Å²) in [6.07, 6.45) is 1.36. The largest absolute Gasteiger partial charge is 0.339 e. The first-order chi connectivity index (χ1) is 13.8. The number of hydrogen-bond acceptors (Lipinski definition) is 5. The van der Waals surface area contributed by atoms with Gasteiger partial charge in [0.15, 0.2) is 0 Å². The third-order valence-corrected chi connectivity index (χ3v) is 7.03. The minimum Gasteiger partial charge on any atom is -0.339 e. The van der Waals surface area contributed by atoms with Crippen LogP contribution in [0.1, 0.15) is 24.7 Å². The van der Waals surface area contributed by atoms with Crippen LogP contribution in [0.3, 0.4) is 0 Å². The number of piperidine rings is 1. The molecule has 10 heteroatoms. The van der Waals surface area contributed by atoms with Gasteiger partial charge in [-0.25, -0.2) is 12.8 Å². The molecular weight excluding hydrogens is 440 g/mol. The Bertz CT molecular complexity index is 1120. The molecule has 0 aliphatic carbocycles. The van der Waals surface area contributed by atoms with Gasteiger partial charge in [0, 0.05) is 28.7 Å². The van der Waals surface area contributed by atoms with Gasteiger partial charge in [-0.3, -0.25) is 0 Å². The highest BCUT2D eigenvalue weighted by molar-refractivity contribution is 7.89. The molecule has 0 N–H and O–H groups in total.